The Morgan fingerprint density at radius 1 is 1.56 bits per heavy atom. The number of hydrogen-bond acceptors (Lipinski definition) is 4. The summed E-state index contributed by atoms with van der Waals surface area (Å²) in [6.07, 6.45) is 8.24. The zero-order valence-electron chi connectivity index (χ0n) is 11.4. The Morgan fingerprint density at radius 2 is 2.44 bits per heavy atom. The summed E-state index contributed by atoms with van der Waals surface area (Å²) in [5, 5.41) is 11.5. The van der Waals surface area contributed by atoms with E-state index in [-0.39, 0.29) is 0 Å². The zero-order valence-corrected chi connectivity index (χ0v) is 11.4. The van der Waals surface area contributed by atoms with Crippen molar-refractivity contribution in [3.05, 3.63) is 11.9 Å². The van der Waals surface area contributed by atoms with Gasteiger partial charge in [-0.25, -0.2) is 0 Å². The van der Waals surface area contributed by atoms with E-state index in [9.17, 15) is 0 Å². The molecular weight excluding hydrogens is 228 g/mol. The monoisotopic (exact) mass is 252 g/mol. The Bertz CT molecular complexity index is 347. The van der Waals surface area contributed by atoms with Crippen LogP contribution in [0.25, 0.3) is 0 Å². The van der Waals surface area contributed by atoms with Gasteiger partial charge in [0.15, 0.2) is 0 Å². The van der Waals surface area contributed by atoms with Crippen LogP contribution >= 0.6 is 0 Å². The molecule has 0 spiro atoms. The molecule has 2 heterocycles. The molecule has 1 saturated heterocycles. The first-order chi connectivity index (χ1) is 8.81. The van der Waals surface area contributed by atoms with Gasteiger partial charge in [-0.1, -0.05) is 12.1 Å². The minimum absolute atomic E-state index is 0.334. The van der Waals surface area contributed by atoms with Crippen molar-refractivity contribution in [2.24, 2.45) is 7.05 Å². The molecule has 5 nitrogen and oxygen atoms in total. The van der Waals surface area contributed by atoms with Crippen LogP contribution in [0.1, 0.15) is 50.8 Å². The number of hydrogen-bond donors (Lipinski definition) is 1. The highest BCUT2D eigenvalue weighted by Gasteiger charge is 2.19. The van der Waals surface area contributed by atoms with Crippen molar-refractivity contribution in [3.63, 3.8) is 0 Å². The van der Waals surface area contributed by atoms with Crippen LogP contribution in [0.2, 0.25) is 0 Å². The molecule has 1 fully saturated rings. The van der Waals surface area contributed by atoms with Crippen LogP contribution < -0.4 is 5.32 Å². The third-order valence-corrected chi connectivity index (χ3v) is 3.61. The number of ether oxygens (including phenoxy) is 1. The summed E-state index contributed by atoms with van der Waals surface area (Å²) in [5.41, 5.74) is 1.16. The third-order valence-electron chi connectivity index (χ3n) is 3.61. The molecule has 0 aliphatic carbocycles. The highest BCUT2D eigenvalue weighted by molar-refractivity contribution is 5.01. The molecule has 1 aromatic rings. The van der Waals surface area contributed by atoms with E-state index in [2.05, 4.69) is 22.6 Å². The fourth-order valence-corrected chi connectivity index (χ4v) is 2.60. The second kappa shape index (κ2) is 6.85. The lowest BCUT2D eigenvalue weighted by Crippen LogP contribution is -2.26. The summed E-state index contributed by atoms with van der Waals surface area (Å²) in [7, 11) is 1.95. The zero-order chi connectivity index (χ0) is 12.8. The molecule has 1 N–H and O–H groups in total. The van der Waals surface area contributed by atoms with E-state index in [1.807, 2.05) is 17.9 Å². The lowest BCUT2D eigenvalue weighted by molar-refractivity contribution is 0.00844. The highest BCUT2D eigenvalue weighted by atomic mass is 16.5. The van der Waals surface area contributed by atoms with Crippen LogP contribution in [-0.4, -0.2) is 34.2 Å². The Hall–Kier alpha value is -0.940. The van der Waals surface area contributed by atoms with Gasteiger partial charge in [0.1, 0.15) is 0 Å². The van der Waals surface area contributed by atoms with Gasteiger partial charge >= 0.3 is 0 Å². The second-order valence-electron chi connectivity index (χ2n) is 4.96. The van der Waals surface area contributed by atoms with E-state index >= 15 is 0 Å². The molecule has 2 atom stereocenters. The summed E-state index contributed by atoms with van der Waals surface area (Å²) in [6, 6.07) is 0.334. The lowest BCUT2D eigenvalue weighted by atomic mass is 10.0. The molecule has 0 bridgehead atoms. The summed E-state index contributed by atoms with van der Waals surface area (Å²) in [6.45, 7) is 4.03. The van der Waals surface area contributed by atoms with Gasteiger partial charge in [0.05, 0.1) is 24.0 Å². The molecule has 0 radical (unpaired) electrons. The Labute approximate surface area is 109 Å². The van der Waals surface area contributed by atoms with Crippen molar-refractivity contribution in [2.45, 2.75) is 51.2 Å². The van der Waals surface area contributed by atoms with E-state index < -0.39 is 0 Å². The van der Waals surface area contributed by atoms with E-state index in [1.54, 1.807) is 0 Å². The predicted molar refractivity (Wildman–Crippen MR) is 70.2 cm³/mol. The number of aromatic nitrogens is 3. The second-order valence-corrected chi connectivity index (χ2v) is 4.96. The van der Waals surface area contributed by atoms with Crippen molar-refractivity contribution >= 4 is 0 Å². The van der Waals surface area contributed by atoms with E-state index in [0.717, 1.165) is 31.7 Å². The number of rotatable bonds is 6. The molecule has 0 saturated carbocycles. The van der Waals surface area contributed by atoms with Gasteiger partial charge in [-0.15, -0.1) is 5.10 Å². The third kappa shape index (κ3) is 3.53. The van der Waals surface area contributed by atoms with Crippen LogP contribution in [0.3, 0.4) is 0 Å². The topological polar surface area (TPSA) is 52.0 Å². The smallest absolute Gasteiger partial charge is 0.0753 e. The summed E-state index contributed by atoms with van der Waals surface area (Å²) < 4.78 is 7.64. The maximum absolute atomic E-state index is 5.79. The molecule has 18 heavy (non-hydrogen) atoms. The van der Waals surface area contributed by atoms with Gasteiger partial charge < -0.3 is 10.1 Å². The minimum Gasteiger partial charge on any atom is -0.378 e. The van der Waals surface area contributed by atoms with Gasteiger partial charge in [-0.2, -0.15) is 0 Å². The Balaban J connectivity index is 1.88. The number of nitrogens with zero attached hydrogens (tertiary/aromatic N) is 3. The molecule has 2 unspecified atom stereocenters. The van der Waals surface area contributed by atoms with E-state index in [1.165, 1.54) is 19.3 Å². The maximum Gasteiger partial charge on any atom is 0.0753 e. The maximum atomic E-state index is 5.79. The highest BCUT2D eigenvalue weighted by Crippen LogP contribution is 2.23. The lowest BCUT2D eigenvalue weighted by Gasteiger charge is -2.25. The molecule has 1 aromatic heterocycles. The van der Waals surface area contributed by atoms with E-state index in [4.69, 9.17) is 4.74 Å². The standard InChI is InChI=1S/C13H24N4O/c1-3-14-12(13-10-15-16-17(13)2)8-7-11-6-4-5-9-18-11/h10-12,14H,3-9H2,1-2H3. The summed E-state index contributed by atoms with van der Waals surface area (Å²) >= 11 is 0. The van der Waals surface area contributed by atoms with Gasteiger partial charge in [-0.3, -0.25) is 4.68 Å². The van der Waals surface area contributed by atoms with Gasteiger partial charge in [0, 0.05) is 13.7 Å². The molecule has 0 aromatic carbocycles. The van der Waals surface area contributed by atoms with Gasteiger partial charge in [0.25, 0.3) is 0 Å². The van der Waals surface area contributed by atoms with Gasteiger partial charge in [-0.05, 0) is 38.6 Å². The van der Waals surface area contributed by atoms with Gasteiger partial charge in [0.2, 0.25) is 0 Å². The minimum atomic E-state index is 0.334. The van der Waals surface area contributed by atoms with Crippen LogP contribution in [0, 0.1) is 0 Å². The first-order valence-corrected chi connectivity index (χ1v) is 7.00. The van der Waals surface area contributed by atoms with Crippen molar-refractivity contribution in [1.82, 2.24) is 20.3 Å². The SMILES string of the molecule is CCNC(CCC1CCCCO1)c1cnnn1C. The number of aryl methyl sites for hydroxylation is 1. The Kier molecular flexibility index (Phi) is 5.13. The molecule has 0 amide bonds. The first-order valence-electron chi connectivity index (χ1n) is 7.00. The first kappa shape index (κ1) is 13.5. The average molecular weight is 252 g/mol. The van der Waals surface area contributed by atoms with Crippen molar-refractivity contribution < 1.29 is 4.74 Å². The van der Waals surface area contributed by atoms with Crippen molar-refractivity contribution in [1.29, 1.82) is 0 Å². The molecule has 1 aliphatic rings. The fraction of sp³-hybridized carbons (Fsp3) is 0.846. The normalized spacial score (nSPS) is 22.0. The van der Waals surface area contributed by atoms with Crippen LogP contribution in [0.4, 0.5) is 0 Å². The summed E-state index contributed by atoms with van der Waals surface area (Å²) in [5.74, 6) is 0. The molecule has 2 rings (SSSR count). The fourth-order valence-electron chi connectivity index (χ4n) is 2.60. The molecule has 1 aliphatic heterocycles. The van der Waals surface area contributed by atoms with E-state index in [0.29, 0.717) is 12.1 Å². The van der Waals surface area contributed by atoms with Crippen molar-refractivity contribution in [3.8, 4) is 0 Å². The molecule has 102 valence electrons. The summed E-state index contributed by atoms with van der Waals surface area (Å²) in [4.78, 5) is 0. The van der Waals surface area contributed by atoms with Crippen LogP contribution in [0.15, 0.2) is 6.20 Å². The average Bonchev–Trinajstić information content (AvgIpc) is 2.82. The van der Waals surface area contributed by atoms with Crippen LogP contribution in [0.5, 0.6) is 0 Å². The number of nitrogens with one attached hydrogen (secondary N) is 1. The molecular formula is C13H24N4O. The quantitative estimate of drug-likeness (QED) is 0.839. The van der Waals surface area contributed by atoms with Crippen LogP contribution in [-0.2, 0) is 11.8 Å². The molecule has 5 heteroatoms. The largest absolute Gasteiger partial charge is 0.378 e. The predicted octanol–water partition coefficient (Wildman–Crippen LogP) is 1.81. The Morgan fingerprint density at radius 3 is 3.06 bits per heavy atom. The van der Waals surface area contributed by atoms with Crippen molar-refractivity contribution in [2.75, 3.05) is 13.2 Å².